The van der Waals surface area contributed by atoms with Gasteiger partial charge >= 0.3 is 6.61 Å². The molecule has 5 heteroatoms. The molecular formula is C9H8F2O3. The SMILES string of the molecule is O=CC(O)c1cccc(OC(F)F)c1. The van der Waals surface area contributed by atoms with Crippen LogP contribution in [0.25, 0.3) is 0 Å². The second-order valence-corrected chi connectivity index (χ2v) is 2.53. The third-order valence-corrected chi connectivity index (χ3v) is 1.55. The molecule has 0 radical (unpaired) electrons. The predicted octanol–water partition coefficient (Wildman–Crippen LogP) is 1.52. The minimum absolute atomic E-state index is 0.0848. The van der Waals surface area contributed by atoms with Crippen molar-refractivity contribution in [1.82, 2.24) is 0 Å². The van der Waals surface area contributed by atoms with E-state index in [4.69, 9.17) is 5.11 Å². The Bertz CT molecular complexity index is 315. The van der Waals surface area contributed by atoms with E-state index < -0.39 is 12.7 Å². The number of hydrogen-bond acceptors (Lipinski definition) is 3. The molecule has 76 valence electrons. The number of carbonyl (C=O) groups excluding carboxylic acids is 1. The number of hydrogen-bond donors (Lipinski definition) is 1. The third-order valence-electron chi connectivity index (χ3n) is 1.55. The quantitative estimate of drug-likeness (QED) is 0.753. The van der Waals surface area contributed by atoms with Gasteiger partial charge in [-0.05, 0) is 17.7 Å². The van der Waals surface area contributed by atoms with Gasteiger partial charge in [-0.25, -0.2) is 0 Å². The second-order valence-electron chi connectivity index (χ2n) is 2.53. The molecule has 0 aromatic heterocycles. The highest BCUT2D eigenvalue weighted by Gasteiger charge is 2.08. The van der Waals surface area contributed by atoms with Crippen LogP contribution >= 0.6 is 0 Å². The van der Waals surface area contributed by atoms with E-state index in [9.17, 15) is 13.6 Å². The van der Waals surface area contributed by atoms with Crippen molar-refractivity contribution in [1.29, 1.82) is 0 Å². The van der Waals surface area contributed by atoms with Crippen LogP contribution in [0.3, 0.4) is 0 Å². The monoisotopic (exact) mass is 202 g/mol. The molecule has 0 heterocycles. The fourth-order valence-corrected chi connectivity index (χ4v) is 0.953. The third kappa shape index (κ3) is 2.77. The molecule has 0 aliphatic heterocycles. The summed E-state index contributed by atoms with van der Waals surface area (Å²) in [5.41, 5.74) is 0.221. The van der Waals surface area contributed by atoms with Crippen LogP contribution in [0.15, 0.2) is 24.3 Å². The summed E-state index contributed by atoms with van der Waals surface area (Å²) in [7, 11) is 0. The number of halogens is 2. The van der Waals surface area contributed by atoms with E-state index >= 15 is 0 Å². The summed E-state index contributed by atoms with van der Waals surface area (Å²) in [5.74, 6) is -0.0848. The van der Waals surface area contributed by atoms with Gasteiger partial charge < -0.3 is 14.6 Å². The average molecular weight is 202 g/mol. The Morgan fingerprint density at radius 1 is 1.43 bits per heavy atom. The molecule has 0 spiro atoms. The van der Waals surface area contributed by atoms with Gasteiger partial charge in [-0.15, -0.1) is 0 Å². The van der Waals surface area contributed by atoms with Crippen molar-refractivity contribution in [2.24, 2.45) is 0 Å². The maximum absolute atomic E-state index is 11.8. The Kier molecular flexibility index (Phi) is 3.53. The van der Waals surface area contributed by atoms with E-state index in [1.165, 1.54) is 24.3 Å². The molecule has 14 heavy (non-hydrogen) atoms. The van der Waals surface area contributed by atoms with Crippen molar-refractivity contribution in [3.8, 4) is 5.75 Å². The van der Waals surface area contributed by atoms with Crippen LogP contribution in [-0.4, -0.2) is 18.0 Å². The number of rotatable bonds is 4. The Morgan fingerprint density at radius 2 is 2.14 bits per heavy atom. The Morgan fingerprint density at radius 3 is 2.71 bits per heavy atom. The van der Waals surface area contributed by atoms with Gasteiger partial charge in [0.1, 0.15) is 11.9 Å². The number of aliphatic hydroxyl groups is 1. The molecule has 0 aliphatic carbocycles. The lowest BCUT2D eigenvalue weighted by Crippen LogP contribution is -2.03. The van der Waals surface area contributed by atoms with Gasteiger partial charge in [-0.2, -0.15) is 8.78 Å². The first kappa shape index (κ1) is 10.6. The summed E-state index contributed by atoms with van der Waals surface area (Å²) in [6.45, 7) is -2.92. The van der Waals surface area contributed by atoms with Gasteiger partial charge in [0.05, 0.1) is 0 Å². The lowest BCUT2D eigenvalue weighted by molar-refractivity contribution is -0.115. The summed E-state index contributed by atoms with van der Waals surface area (Å²) < 4.78 is 27.7. The number of aldehydes is 1. The summed E-state index contributed by atoms with van der Waals surface area (Å²) in [5, 5.41) is 9.08. The van der Waals surface area contributed by atoms with Crippen LogP contribution in [0.4, 0.5) is 8.78 Å². The van der Waals surface area contributed by atoms with Crippen molar-refractivity contribution < 1.29 is 23.4 Å². The fourth-order valence-electron chi connectivity index (χ4n) is 0.953. The Labute approximate surface area is 78.9 Å². The molecule has 1 unspecified atom stereocenters. The topological polar surface area (TPSA) is 46.5 Å². The van der Waals surface area contributed by atoms with Gasteiger partial charge in [0.25, 0.3) is 0 Å². The van der Waals surface area contributed by atoms with Crippen molar-refractivity contribution in [3.05, 3.63) is 29.8 Å². The molecule has 0 saturated heterocycles. The molecule has 1 aromatic carbocycles. The second kappa shape index (κ2) is 4.66. The highest BCUT2D eigenvalue weighted by molar-refractivity contribution is 5.59. The molecule has 0 fully saturated rings. The normalized spacial score (nSPS) is 12.6. The van der Waals surface area contributed by atoms with E-state index in [2.05, 4.69) is 4.74 Å². The van der Waals surface area contributed by atoms with Crippen molar-refractivity contribution in [3.63, 3.8) is 0 Å². The van der Waals surface area contributed by atoms with Gasteiger partial charge in [0.15, 0.2) is 6.29 Å². The van der Waals surface area contributed by atoms with Crippen LogP contribution in [0.1, 0.15) is 11.7 Å². The van der Waals surface area contributed by atoms with Crippen molar-refractivity contribution in [2.45, 2.75) is 12.7 Å². The Balaban J connectivity index is 2.83. The minimum Gasteiger partial charge on any atom is -0.435 e. The number of benzene rings is 1. The smallest absolute Gasteiger partial charge is 0.387 e. The summed E-state index contributed by atoms with van der Waals surface area (Å²) in [4.78, 5) is 10.2. The van der Waals surface area contributed by atoms with E-state index in [0.29, 0.717) is 6.29 Å². The minimum atomic E-state index is -2.92. The van der Waals surface area contributed by atoms with Gasteiger partial charge in [-0.3, -0.25) is 0 Å². The molecule has 0 bridgehead atoms. The number of alkyl halides is 2. The standard InChI is InChI=1S/C9H8F2O3/c10-9(11)14-7-3-1-2-6(4-7)8(13)5-12/h1-5,8-9,13H. The van der Waals surface area contributed by atoms with Gasteiger partial charge in [-0.1, -0.05) is 12.1 Å². The molecule has 0 aliphatic rings. The lowest BCUT2D eigenvalue weighted by atomic mass is 10.1. The van der Waals surface area contributed by atoms with E-state index in [0.717, 1.165) is 0 Å². The molecule has 1 rings (SSSR count). The summed E-state index contributed by atoms with van der Waals surface area (Å²) >= 11 is 0. The number of ether oxygens (including phenoxy) is 1. The molecular weight excluding hydrogens is 194 g/mol. The summed E-state index contributed by atoms with van der Waals surface area (Å²) in [6.07, 6.45) is -1.00. The zero-order chi connectivity index (χ0) is 10.6. The summed E-state index contributed by atoms with van der Waals surface area (Å²) in [6, 6.07) is 5.36. The van der Waals surface area contributed by atoms with E-state index in [-0.39, 0.29) is 11.3 Å². The van der Waals surface area contributed by atoms with E-state index in [1.54, 1.807) is 0 Å². The molecule has 0 amide bonds. The van der Waals surface area contributed by atoms with Crippen LogP contribution < -0.4 is 4.74 Å². The highest BCUT2D eigenvalue weighted by atomic mass is 19.3. The molecule has 1 N–H and O–H groups in total. The van der Waals surface area contributed by atoms with Crippen molar-refractivity contribution >= 4 is 6.29 Å². The van der Waals surface area contributed by atoms with Crippen LogP contribution in [0, 0.1) is 0 Å². The van der Waals surface area contributed by atoms with Gasteiger partial charge in [0.2, 0.25) is 0 Å². The first-order valence-electron chi connectivity index (χ1n) is 3.81. The first-order valence-corrected chi connectivity index (χ1v) is 3.81. The average Bonchev–Trinajstić information content (AvgIpc) is 2.16. The maximum atomic E-state index is 11.8. The predicted molar refractivity (Wildman–Crippen MR) is 44.1 cm³/mol. The maximum Gasteiger partial charge on any atom is 0.387 e. The van der Waals surface area contributed by atoms with Crippen molar-refractivity contribution in [2.75, 3.05) is 0 Å². The number of carbonyl (C=O) groups is 1. The van der Waals surface area contributed by atoms with Crippen LogP contribution in [-0.2, 0) is 4.79 Å². The fraction of sp³-hybridized carbons (Fsp3) is 0.222. The van der Waals surface area contributed by atoms with Crippen LogP contribution in [0.5, 0.6) is 5.75 Å². The van der Waals surface area contributed by atoms with Gasteiger partial charge in [0, 0.05) is 0 Å². The highest BCUT2D eigenvalue weighted by Crippen LogP contribution is 2.19. The van der Waals surface area contributed by atoms with Crippen LogP contribution in [0.2, 0.25) is 0 Å². The molecule has 3 nitrogen and oxygen atoms in total. The zero-order valence-electron chi connectivity index (χ0n) is 7.06. The number of aliphatic hydroxyl groups excluding tert-OH is 1. The molecule has 0 saturated carbocycles. The lowest BCUT2D eigenvalue weighted by Gasteiger charge is -2.07. The molecule has 1 atom stereocenters. The Hall–Kier alpha value is -1.49. The molecule has 1 aromatic rings. The first-order chi connectivity index (χ1) is 6.63. The largest absolute Gasteiger partial charge is 0.435 e. The zero-order valence-corrected chi connectivity index (χ0v) is 7.06. The van der Waals surface area contributed by atoms with E-state index in [1.807, 2.05) is 0 Å².